The van der Waals surface area contributed by atoms with Crippen LogP contribution in [0, 0.1) is 29.6 Å². The molecule has 0 radical (unpaired) electrons. The summed E-state index contributed by atoms with van der Waals surface area (Å²) in [5, 5.41) is 2.19. The van der Waals surface area contributed by atoms with Crippen LogP contribution in [-0.2, 0) is 10.9 Å². The first-order valence-electron chi connectivity index (χ1n) is 9.70. The molecule has 35 heavy (non-hydrogen) atoms. The number of nitrogens with one attached hydrogen (secondary N) is 1. The number of pyridine rings is 1. The second-order valence-corrected chi connectivity index (χ2v) is 7.22. The molecule has 4 rings (SSSR count). The molecule has 11 heteroatoms. The van der Waals surface area contributed by atoms with E-state index in [1.807, 2.05) is 0 Å². The number of carbonyl (C=O) groups excluding carboxylic acids is 2. The summed E-state index contributed by atoms with van der Waals surface area (Å²) in [5.41, 5.74) is -2.20. The van der Waals surface area contributed by atoms with E-state index in [0.717, 1.165) is 17.6 Å². The van der Waals surface area contributed by atoms with E-state index in [-0.39, 0.29) is 34.1 Å². The number of aromatic nitrogens is 1. The summed E-state index contributed by atoms with van der Waals surface area (Å²) in [4.78, 5) is 24.1. The van der Waals surface area contributed by atoms with E-state index in [1.165, 1.54) is 30.5 Å². The molecule has 0 saturated carbocycles. The third kappa shape index (κ3) is 4.50. The highest BCUT2D eigenvalue weighted by atomic mass is 19.4. The van der Waals surface area contributed by atoms with Gasteiger partial charge in [-0.1, -0.05) is 6.07 Å². The summed E-state index contributed by atoms with van der Waals surface area (Å²) >= 11 is 0. The molecule has 0 fully saturated rings. The number of amides is 1. The minimum Gasteiger partial charge on any atom is -0.465 e. The fraction of sp³-hybridized carbons (Fsp3) is 0.0833. The molecular formula is C24H12F6N2O3. The Kier molecular flexibility index (Phi) is 5.90. The van der Waals surface area contributed by atoms with Crippen molar-refractivity contribution in [2.75, 3.05) is 12.4 Å². The summed E-state index contributed by atoms with van der Waals surface area (Å²) in [5.74, 6) is -6.10. The molecule has 2 aromatic heterocycles. The van der Waals surface area contributed by atoms with Crippen LogP contribution in [0.3, 0.4) is 0 Å². The second kappa shape index (κ2) is 8.72. The third-order valence-corrected chi connectivity index (χ3v) is 5.00. The SMILES string of the molecule is COC(=O)c1ccc2cc(C(F)(F)F)c(-c3c#cc(NC(=O)c4cc(F)c(F)cc4F)cc3)n2c1. The molecule has 1 amide bonds. The van der Waals surface area contributed by atoms with Gasteiger partial charge in [-0.05, 0) is 42.5 Å². The van der Waals surface area contributed by atoms with Crippen molar-refractivity contribution in [1.82, 2.24) is 4.40 Å². The van der Waals surface area contributed by atoms with Crippen LogP contribution in [0.25, 0.3) is 16.8 Å². The Morgan fingerprint density at radius 3 is 2.29 bits per heavy atom. The molecule has 0 saturated heterocycles. The summed E-state index contributed by atoms with van der Waals surface area (Å²) in [6, 6.07) is 11.4. The number of fused-ring (bicyclic) bond motifs is 1. The van der Waals surface area contributed by atoms with Crippen molar-refractivity contribution in [2.45, 2.75) is 6.18 Å². The van der Waals surface area contributed by atoms with E-state index >= 15 is 0 Å². The van der Waals surface area contributed by atoms with Crippen molar-refractivity contribution in [3.63, 3.8) is 0 Å². The first-order valence-corrected chi connectivity index (χ1v) is 9.70. The summed E-state index contributed by atoms with van der Waals surface area (Å²) < 4.78 is 87.3. The molecule has 0 aliphatic heterocycles. The van der Waals surface area contributed by atoms with Gasteiger partial charge in [-0.15, -0.1) is 0 Å². The van der Waals surface area contributed by atoms with Gasteiger partial charge in [0, 0.05) is 23.3 Å². The maximum absolute atomic E-state index is 13.8. The minimum atomic E-state index is -4.75. The molecule has 0 bridgehead atoms. The zero-order valence-electron chi connectivity index (χ0n) is 17.6. The maximum Gasteiger partial charge on any atom is 0.418 e. The topological polar surface area (TPSA) is 59.8 Å². The van der Waals surface area contributed by atoms with Crippen LogP contribution < -0.4 is 5.32 Å². The summed E-state index contributed by atoms with van der Waals surface area (Å²) in [6.45, 7) is 0. The van der Waals surface area contributed by atoms with Crippen molar-refractivity contribution in [3.8, 4) is 11.3 Å². The van der Waals surface area contributed by atoms with E-state index in [1.54, 1.807) is 0 Å². The molecular weight excluding hydrogens is 478 g/mol. The molecule has 2 heterocycles. The average Bonchev–Trinajstić information content (AvgIpc) is 3.20. The minimum absolute atomic E-state index is 0.00648. The van der Waals surface area contributed by atoms with E-state index < -0.39 is 46.6 Å². The van der Waals surface area contributed by atoms with E-state index in [2.05, 4.69) is 22.2 Å². The second-order valence-electron chi connectivity index (χ2n) is 7.22. The normalized spacial score (nSPS) is 11.3. The van der Waals surface area contributed by atoms with Crippen molar-refractivity contribution in [2.24, 2.45) is 0 Å². The Hall–Kier alpha value is -4.46. The lowest BCUT2D eigenvalue weighted by atomic mass is 10.1. The van der Waals surface area contributed by atoms with Crippen molar-refractivity contribution >= 4 is 23.1 Å². The number of hydrogen-bond donors (Lipinski definition) is 1. The number of hydrogen-bond acceptors (Lipinski definition) is 3. The number of carbonyl (C=O) groups is 2. The van der Waals surface area contributed by atoms with Gasteiger partial charge >= 0.3 is 12.1 Å². The molecule has 4 aromatic rings. The van der Waals surface area contributed by atoms with Gasteiger partial charge in [-0.3, -0.25) is 4.79 Å². The predicted octanol–water partition coefficient (Wildman–Crippen LogP) is 5.68. The highest BCUT2D eigenvalue weighted by Gasteiger charge is 2.36. The van der Waals surface area contributed by atoms with Gasteiger partial charge < -0.3 is 14.5 Å². The van der Waals surface area contributed by atoms with Crippen molar-refractivity contribution in [3.05, 3.63) is 94.9 Å². The number of anilines is 1. The highest BCUT2D eigenvalue weighted by Crippen LogP contribution is 2.39. The molecule has 0 aliphatic rings. The van der Waals surface area contributed by atoms with Gasteiger partial charge in [0.1, 0.15) is 5.82 Å². The lowest BCUT2D eigenvalue weighted by Crippen LogP contribution is -2.14. The smallest absolute Gasteiger partial charge is 0.418 e. The molecule has 0 spiro atoms. The lowest BCUT2D eigenvalue weighted by molar-refractivity contribution is -0.137. The monoisotopic (exact) mass is 490 g/mol. The van der Waals surface area contributed by atoms with Crippen LogP contribution >= 0.6 is 0 Å². The molecule has 178 valence electrons. The lowest BCUT2D eigenvalue weighted by Gasteiger charge is -2.10. The Morgan fingerprint density at radius 1 is 0.943 bits per heavy atom. The predicted molar refractivity (Wildman–Crippen MR) is 111 cm³/mol. The van der Waals surface area contributed by atoms with Gasteiger partial charge in [0.15, 0.2) is 11.6 Å². The van der Waals surface area contributed by atoms with E-state index in [4.69, 9.17) is 0 Å². The number of nitrogens with zero attached hydrogens (tertiary/aromatic N) is 1. The molecule has 0 unspecified atom stereocenters. The maximum atomic E-state index is 13.8. The number of alkyl halides is 3. The molecule has 0 aliphatic carbocycles. The van der Waals surface area contributed by atoms with Crippen LogP contribution in [-0.4, -0.2) is 23.4 Å². The number of methoxy groups -OCH3 is 1. The first kappa shape index (κ1) is 23.7. The van der Waals surface area contributed by atoms with Crippen molar-refractivity contribution < 1.29 is 40.7 Å². The molecule has 5 nitrogen and oxygen atoms in total. The van der Waals surface area contributed by atoms with Gasteiger partial charge in [-0.2, -0.15) is 13.2 Å². The average molecular weight is 490 g/mol. The number of halogens is 6. The van der Waals surface area contributed by atoms with Gasteiger partial charge in [0.25, 0.3) is 5.91 Å². The number of ether oxygens (including phenoxy) is 1. The molecule has 1 N–H and O–H groups in total. The Labute approximate surface area is 193 Å². The Balaban J connectivity index is 1.72. The van der Waals surface area contributed by atoms with Crippen LogP contribution in [0.2, 0.25) is 0 Å². The summed E-state index contributed by atoms with van der Waals surface area (Å²) in [6.07, 6.45) is -3.57. The van der Waals surface area contributed by atoms with Crippen LogP contribution in [0.1, 0.15) is 26.3 Å². The van der Waals surface area contributed by atoms with Crippen LogP contribution in [0.4, 0.5) is 32.0 Å². The van der Waals surface area contributed by atoms with Gasteiger partial charge in [0.05, 0.1) is 35.2 Å². The quantitative estimate of drug-likeness (QED) is 0.228. The number of benzene rings is 1. The van der Waals surface area contributed by atoms with E-state index in [9.17, 15) is 35.9 Å². The van der Waals surface area contributed by atoms with Gasteiger partial charge in [-0.25, -0.2) is 18.0 Å². The Bertz CT molecular complexity index is 1460. The Morgan fingerprint density at radius 2 is 1.66 bits per heavy atom. The zero-order chi connectivity index (χ0) is 25.5. The highest BCUT2D eigenvalue weighted by molar-refractivity contribution is 6.04. The molecule has 2 aromatic carbocycles. The fourth-order valence-corrected chi connectivity index (χ4v) is 3.38. The standard InChI is InChI=1S/C24H12F6N2O3/c1-35-23(34)13-4-7-15-8-17(24(28,29)30)21(32(15)11-13)12-2-5-14(6-3-12)31-22(33)16-9-19(26)20(27)10-18(16)25/h2,4-5,7-11H,1H3,(H,31,33). The zero-order valence-corrected chi connectivity index (χ0v) is 17.6. The molecule has 0 atom stereocenters. The largest absolute Gasteiger partial charge is 0.465 e. The third-order valence-electron chi connectivity index (χ3n) is 5.00. The van der Waals surface area contributed by atoms with Gasteiger partial charge in [0.2, 0.25) is 0 Å². The first-order chi connectivity index (χ1) is 16.5. The van der Waals surface area contributed by atoms with Crippen LogP contribution in [0.15, 0.2) is 48.7 Å². The summed E-state index contributed by atoms with van der Waals surface area (Å²) in [7, 11) is 1.13. The fourth-order valence-electron chi connectivity index (χ4n) is 3.38. The van der Waals surface area contributed by atoms with Crippen molar-refractivity contribution in [1.29, 1.82) is 0 Å². The number of esters is 1. The number of rotatable bonds is 4. The van der Waals surface area contributed by atoms with Crippen LogP contribution in [0.5, 0.6) is 0 Å². The van der Waals surface area contributed by atoms with E-state index in [0.29, 0.717) is 6.07 Å².